The SMILES string of the molecule is COCCCC1CCCN(C(=O)c2cc(Cl)c(C)c(Cl)c2)C1. The van der Waals surface area contributed by atoms with E-state index in [9.17, 15) is 4.79 Å². The molecular weight excluding hydrogens is 321 g/mol. The Hall–Kier alpha value is -0.770. The molecule has 1 atom stereocenters. The van der Waals surface area contributed by atoms with Crippen LogP contribution in [0.2, 0.25) is 10.0 Å². The first-order valence-electron chi connectivity index (χ1n) is 7.76. The first-order chi connectivity index (χ1) is 10.5. The summed E-state index contributed by atoms with van der Waals surface area (Å²) in [7, 11) is 1.72. The van der Waals surface area contributed by atoms with Crippen molar-refractivity contribution in [3.05, 3.63) is 33.3 Å². The van der Waals surface area contributed by atoms with Gasteiger partial charge in [0.15, 0.2) is 0 Å². The van der Waals surface area contributed by atoms with Crippen molar-refractivity contribution in [1.29, 1.82) is 0 Å². The van der Waals surface area contributed by atoms with Crippen LogP contribution in [0.5, 0.6) is 0 Å². The van der Waals surface area contributed by atoms with Crippen molar-refractivity contribution in [2.45, 2.75) is 32.6 Å². The van der Waals surface area contributed by atoms with Crippen molar-refractivity contribution in [1.82, 2.24) is 4.90 Å². The topological polar surface area (TPSA) is 29.5 Å². The molecule has 0 saturated carbocycles. The number of carbonyl (C=O) groups is 1. The Morgan fingerprint density at radius 2 is 2.05 bits per heavy atom. The number of ether oxygens (including phenoxy) is 1. The van der Waals surface area contributed by atoms with E-state index in [1.165, 1.54) is 6.42 Å². The normalized spacial score (nSPS) is 18.5. The fraction of sp³-hybridized carbons (Fsp3) is 0.588. The molecule has 0 bridgehead atoms. The van der Waals surface area contributed by atoms with Gasteiger partial charge in [-0.05, 0) is 56.2 Å². The molecular formula is C17H23Cl2NO2. The van der Waals surface area contributed by atoms with Crippen LogP contribution in [0.1, 0.15) is 41.6 Å². The number of halogens is 2. The molecule has 5 heteroatoms. The molecule has 2 rings (SSSR count). The monoisotopic (exact) mass is 343 g/mol. The van der Waals surface area contributed by atoms with Gasteiger partial charge < -0.3 is 9.64 Å². The van der Waals surface area contributed by atoms with Crippen LogP contribution in [0, 0.1) is 12.8 Å². The van der Waals surface area contributed by atoms with Gasteiger partial charge in [0, 0.05) is 42.4 Å². The van der Waals surface area contributed by atoms with Crippen molar-refractivity contribution in [3.8, 4) is 0 Å². The van der Waals surface area contributed by atoms with Gasteiger partial charge in [0.05, 0.1) is 0 Å². The minimum atomic E-state index is 0.0280. The molecule has 0 spiro atoms. The number of likely N-dealkylation sites (tertiary alicyclic amines) is 1. The summed E-state index contributed by atoms with van der Waals surface area (Å²) >= 11 is 12.3. The molecule has 1 unspecified atom stereocenters. The maximum absolute atomic E-state index is 12.7. The van der Waals surface area contributed by atoms with Gasteiger partial charge in [-0.2, -0.15) is 0 Å². The molecule has 1 aliphatic rings. The molecule has 0 N–H and O–H groups in total. The van der Waals surface area contributed by atoms with Gasteiger partial charge in [0.2, 0.25) is 0 Å². The summed E-state index contributed by atoms with van der Waals surface area (Å²) in [5.41, 5.74) is 1.40. The summed E-state index contributed by atoms with van der Waals surface area (Å²) in [5, 5.41) is 1.09. The molecule has 1 aliphatic heterocycles. The standard InChI is InChI=1S/C17H23Cl2NO2/c1-12-15(18)9-14(10-16(12)19)17(21)20-7-3-5-13(11-20)6-4-8-22-2/h9-10,13H,3-8,11H2,1-2H3. The van der Waals surface area contributed by atoms with E-state index >= 15 is 0 Å². The van der Waals surface area contributed by atoms with Crippen LogP contribution in [-0.4, -0.2) is 37.6 Å². The molecule has 3 nitrogen and oxygen atoms in total. The zero-order valence-electron chi connectivity index (χ0n) is 13.2. The van der Waals surface area contributed by atoms with Crippen LogP contribution < -0.4 is 0 Å². The smallest absolute Gasteiger partial charge is 0.253 e. The lowest BCUT2D eigenvalue weighted by molar-refractivity contribution is 0.0660. The molecule has 1 heterocycles. The highest BCUT2D eigenvalue weighted by Gasteiger charge is 2.25. The van der Waals surface area contributed by atoms with Crippen LogP contribution in [-0.2, 0) is 4.74 Å². The van der Waals surface area contributed by atoms with Crippen molar-refractivity contribution in [3.63, 3.8) is 0 Å². The van der Waals surface area contributed by atoms with Gasteiger partial charge in [-0.25, -0.2) is 0 Å². The quantitative estimate of drug-likeness (QED) is 0.732. The summed E-state index contributed by atoms with van der Waals surface area (Å²) in [6.07, 6.45) is 4.39. The fourth-order valence-corrected chi connectivity index (χ4v) is 3.44. The van der Waals surface area contributed by atoms with E-state index in [1.54, 1.807) is 19.2 Å². The Morgan fingerprint density at radius 1 is 1.36 bits per heavy atom. The molecule has 22 heavy (non-hydrogen) atoms. The minimum Gasteiger partial charge on any atom is -0.385 e. The van der Waals surface area contributed by atoms with Gasteiger partial charge in [-0.15, -0.1) is 0 Å². The Morgan fingerprint density at radius 3 is 2.68 bits per heavy atom. The van der Waals surface area contributed by atoms with E-state index in [4.69, 9.17) is 27.9 Å². The summed E-state index contributed by atoms with van der Waals surface area (Å²) in [5.74, 6) is 0.587. The number of hydrogen-bond donors (Lipinski definition) is 0. The number of nitrogens with zero attached hydrogens (tertiary/aromatic N) is 1. The summed E-state index contributed by atoms with van der Waals surface area (Å²) in [6.45, 7) is 4.26. The summed E-state index contributed by atoms with van der Waals surface area (Å²) < 4.78 is 5.10. The predicted octanol–water partition coefficient (Wildman–Crippen LogP) is 4.58. The van der Waals surface area contributed by atoms with Gasteiger partial charge >= 0.3 is 0 Å². The molecule has 0 aliphatic carbocycles. The van der Waals surface area contributed by atoms with Crippen LogP contribution in [0.15, 0.2) is 12.1 Å². The summed E-state index contributed by atoms with van der Waals surface area (Å²) in [4.78, 5) is 14.6. The van der Waals surface area contributed by atoms with Crippen LogP contribution >= 0.6 is 23.2 Å². The number of carbonyl (C=O) groups excluding carboxylic acids is 1. The van der Waals surface area contributed by atoms with Gasteiger partial charge in [-0.3, -0.25) is 4.79 Å². The number of methoxy groups -OCH3 is 1. The lowest BCUT2D eigenvalue weighted by atomic mass is 9.93. The molecule has 1 aromatic rings. The third-order valence-electron chi connectivity index (χ3n) is 4.29. The fourth-order valence-electron chi connectivity index (χ4n) is 2.95. The molecule has 1 aromatic carbocycles. The van der Waals surface area contributed by atoms with E-state index in [0.29, 0.717) is 21.5 Å². The molecule has 0 radical (unpaired) electrons. The number of rotatable bonds is 5. The average Bonchev–Trinajstić information content (AvgIpc) is 2.52. The lowest BCUT2D eigenvalue weighted by Gasteiger charge is -2.33. The number of hydrogen-bond acceptors (Lipinski definition) is 2. The summed E-state index contributed by atoms with van der Waals surface area (Å²) in [6, 6.07) is 3.44. The number of benzene rings is 1. The Labute approximate surface area is 142 Å². The van der Waals surface area contributed by atoms with E-state index in [1.807, 2.05) is 11.8 Å². The zero-order chi connectivity index (χ0) is 16.1. The Bertz CT molecular complexity index is 510. The van der Waals surface area contributed by atoms with Crippen molar-refractivity contribution in [2.75, 3.05) is 26.8 Å². The Kier molecular flexibility index (Phi) is 6.54. The van der Waals surface area contributed by atoms with Gasteiger partial charge in [0.1, 0.15) is 0 Å². The van der Waals surface area contributed by atoms with E-state index in [2.05, 4.69) is 0 Å². The van der Waals surface area contributed by atoms with Crippen molar-refractivity contribution in [2.24, 2.45) is 5.92 Å². The zero-order valence-corrected chi connectivity index (χ0v) is 14.7. The second kappa shape index (κ2) is 8.19. The minimum absolute atomic E-state index is 0.0280. The second-order valence-corrected chi connectivity index (χ2v) is 6.77. The highest BCUT2D eigenvalue weighted by Crippen LogP contribution is 2.28. The first-order valence-corrected chi connectivity index (χ1v) is 8.52. The predicted molar refractivity (Wildman–Crippen MR) is 90.9 cm³/mol. The number of amides is 1. The first kappa shape index (κ1) is 17.6. The third-order valence-corrected chi connectivity index (χ3v) is 5.08. The van der Waals surface area contributed by atoms with Crippen LogP contribution in [0.25, 0.3) is 0 Å². The van der Waals surface area contributed by atoms with Crippen molar-refractivity contribution < 1.29 is 9.53 Å². The van der Waals surface area contributed by atoms with Crippen LogP contribution in [0.3, 0.4) is 0 Å². The van der Waals surface area contributed by atoms with E-state index < -0.39 is 0 Å². The van der Waals surface area contributed by atoms with Gasteiger partial charge in [-0.1, -0.05) is 23.2 Å². The maximum Gasteiger partial charge on any atom is 0.253 e. The third kappa shape index (κ3) is 4.37. The average molecular weight is 344 g/mol. The lowest BCUT2D eigenvalue weighted by Crippen LogP contribution is -2.40. The highest BCUT2D eigenvalue weighted by molar-refractivity contribution is 6.36. The molecule has 122 valence electrons. The molecule has 1 saturated heterocycles. The van der Waals surface area contributed by atoms with E-state index in [0.717, 1.165) is 44.5 Å². The van der Waals surface area contributed by atoms with Crippen molar-refractivity contribution >= 4 is 29.1 Å². The highest BCUT2D eigenvalue weighted by atomic mass is 35.5. The van der Waals surface area contributed by atoms with E-state index in [-0.39, 0.29) is 5.91 Å². The molecule has 0 aromatic heterocycles. The number of piperidine rings is 1. The van der Waals surface area contributed by atoms with Crippen LogP contribution in [0.4, 0.5) is 0 Å². The Balaban J connectivity index is 2.02. The maximum atomic E-state index is 12.7. The molecule has 1 fully saturated rings. The second-order valence-electron chi connectivity index (χ2n) is 5.96. The largest absolute Gasteiger partial charge is 0.385 e. The van der Waals surface area contributed by atoms with Gasteiger partial charge in [0.25, 0.3) is 5.91 Å². The molecule has 1 amide bonds.